The summed E-state index contributed by atoms with van der Waals surface area (Å²) in [7, 11) is 4.15. The van der Waals surface area contributed by atoms with Crippen LogP contribution < -0.4 is 9.80 Å². The number of rotatable bonds is 6. The highest BCUT2D eigenvalue weighted by Gasteiger charge is 2.29. The van der Waals surface area contributed by atoms with Crippen LogP contribution in [0.3, 0.4) is 0 Å². The maximum atomic E-state index is 14.0. The smallest absolute Gasteiger partial charge is 0.231 e. The summed E-state index contributed by atoms with van der Waals surface area (Å²) in [5.74, 6) is -1.20. The number of anilines is 1. The van der Waals surface area contributed by atoms with Gasteiger partial charge >= 0.3 is 0 Å². The summed E-state index contributed by atoms with van der Waals surface area (Å²) in [5, 5.41) is 0.480. The normalized spacial score (nSPS) is 15.7. The Morgan fingerprint density at radius 2 is 2.00 bits per heavy atom. The number of fused-ring (bicyclic) bond motifs is 1. The highest BCUT2D eigenvalue weighted by molar-refractivity contribution is 7.22. The van der Waals surface area contributed by atoms with Crippen LogP contribution in [0.2, 0.25) is 0 Å². The molecule has 0 bridgehead atoms. The Balaban J connectivity index is 1.88. The van der Waals surface area contributed by atoms with Crippen molar-refractivity contribution in [2.24, 2.45) is 5.92 Å². The Morgan fingerprint density at radius 1 is 1.27 bits per heavy atom. The molecule has 3 rings (SSSR count). The lowest BCUT2D eigenvalue weighted by Gasteiger charge is -2.27. The molecule has 0 atom stereocenters. The lowest BCUT2D eigenvalue weighted by atomic mass is 9.88. The Kier molecular flexibility index (Phi) is 6.19. The Hall–Kier alpha value is -1.60. The van der Waals surface area contributed by atoms with Gasteiger partial charge < -0.3 is 4.90 Å². The number of thiazole rings is 1. The molecule has 1 N–H and O–H groups in total. The predicted octanol–water partition coefficient (Wildman–Crippen LogP) is 3.02. The van der Waals surface area contributed by atoms with Crippen LogP contribution >= 0.6 is 11.3 Å². The van der Waals surface area contributed by atoms with Gasteiger partial charge in [-0.2, -0.15) is 0 Å². The van der Waals surface area contributed by atoms with E-state index < -0.39 is 11.6 Å². The number of hydrogen-bond donors (Lipinski definition) is 1. The van der Waals surface area contributed by atoms with Crippen LogP contribution in [-0.4, -0.2) is 38.1 Å². The number of amides is 1. The van der Waals surface area contributed by atoms with Gasteiger partial charge in [0.05, 0.1) is 25.3 Å². The molecule has 1 heterocycles. The predicted molar refractivity (Wildman–Crippen MR) is 101 cm³/mol. The molecule has 1 aromatic carbocycles. The number of benzene rings is 1. The van der Waals surface area contributed by atoms with Crippen molar-refractivity contribution in [1.29, 1.82) is 0 Å². The SMILES string of the molecule is C[NH+](C)CCCN(C(=O)C1CCCCC1)c1nc2c(F)cc(F)cc2s1. The van der Waals surface area contributed by atoms with Crippen molar-refractivity contribution in [3.05, 3.63) is 23.8 Å². The number of nitrogens with one attached hydrogen (secondary N) is 1. The topological polar surface area (TPSA) is 37.6 Å². The fourth-order valence-corrected chi connectivity index (χ4v) is 4.56. The summed E-state index contributed by atoms with van der Waals surface area (Å²) in [6, 6.07) is 2.13. The van der Waals surface area contributed by atoms with Gasteiger partial charge in [0.1, 0.15) is 11.3 Å². The van der Waals surface area contributed by atoms with E-state index in [0.717, 1.165) is 44.7 Å². The standard InChI is InChI=1S/C19H25F2N3OS/c1-23(2)9-6-10-24(18(25)13-7-4-3-5-8-13)19-22-17-15(21)11-14(20)12-16(17)26-19/h11-13H,3-10H2,1-2H3/p+1. The number of quaternary nitrogens is 1. The third-order valence-electron chi connectivity index (χ3n) is 4.91. The second kappa shape index (κ2) is 8.39. The lowest BCUT2D eigenvalue weighted by molar-refractivity contribution is -0.858. The Morgan fingerprint density at radius 3 is 2.69 bits per heavy atom. The van der Waals surface area contributed by atoms with Crippen molar-refractivity contribution in [2.75, 3.05) is 32.1 Å². The quantitative estimate of drug-likeness (QED) is 0.834. The van der Waals surface area contributed by atoms with Crippen LogP contribution in [0.15, 0.2) is 12.1 Å². The van der Waals surface area contributed by atoms with Gasteiger partial charge in [0.25, 0.3) is 0 Å². The van der Waals surface area contributed by atoms with Crippen LogP contribution in [0.25, 0.3) is 10.2 Å². The van der Waals surface area contributed by atoms with Gasteiger partial charge in [-0.3, -0.25) is 9.69 Å². The molecule has 4 nitrogen and oxygen atoms in total. The van der Waals surface area contributed by atoms with Crippen molar-refractivity contribution in [3.8, 4) is 0 Å². The molecule has 2 aromatic rings. The minimum absolute atomic E-state index is 0.0176. The fraction of sp³-hybridized carbons (Fsp3) is 0.579. The third kappa shape index (κ3) is 4.38. The molecule has 0 saturated heterocycles. The number of carbonyl (C=O) groups excluding carboxylic acids is 1. The summed E-state index contributed by atoms with van der Waals surface area (Å²) in [6.45, 7) is 1.49. The molecule has 0 spiro atoms. The maximum absolute atomic E-state index is 14.0. The van der Waals surface area contributed by atoms with Crippen molar-refractivity contribution < 1.29 is 18.5 Å². The minimum Gasteiger partial charge on any atom is -0.340 e. The van der Waals surface area contributed by atoms with Gasteiger partial charge in [-0.15, -0.1) is 0 Å². The third-order valence-corrected chi connectivity index (χ3v) is 5.94. The molecule has 1 aliphatic rings. The summed E-state index contributed by atoms with van der Waals surface area (Å²) >= 11 is 1.19. The van der Waals surface area contributed by atoms with Crippen molar-refractivity contribution in [1.82, 2.24) is 4.98 Å². The molecule has 142 valence electrons. The second-order valence-corrected chi connectivity index (χ2v) is 8.38. The highest BCUT2D eigenvalue weighted by atomic mass is 32.1. The van der Waals surface area contributed by atoms with Gasteiger partial charge in [0.2, 0.25) is 5.91 Å². The van der Waals surface area contributed by atoms with E-state index in [2.05, 4.69) is 19.1 Å². The molecule has 1 aromatic heterocycles. The van der Waals surface area contributed by atoms with Crippen molar-refractivity contribution >= 4 is 32.6 Å². The molecule has 1 aliphatic carbocycles. The van der Waals surface area contributed by atoms with Crippen LogP contribution in [-0.2, 0) is 4.79 Å². The molecule has 0 unspecified atom stereocenters. The summed E-state index contributed by atoms with van der Waals surface area (Å²) in [6.07, 6.45) is 5.98. The monoisotopic (exact) mass is 382 g/mol. The second-order valence-electron chi connectivity index (χ2n) is 7.37. The molecule has 7 heteroatoms. The van der Waals surface area contributed by atoms with E-state index in [1.54, 1.807) is 4.90 Å². The van der Waals surface area contributed by atoms with E-state index in [0.29, 0.717) is 16.4 Å². The van der Waals surface area contributed by atoms with Crippen LogP contribution in [0, 0.1) is 17.6 Å². The molecule has 1 fully saturated rings. The average molecular weight is 382 g/mol. The molecule has 1 saturated carbocycles. The zero-order valence-electron chi connectivity index (χ0n) is 15.4. The van der Waals surface area contributed by atoms with Gasteiger partial charge in [-0.1, -0.05) is 30.6 Å². The zero-order chi connectivity index (χ0) is 18.7. The van der Waals surface area contributed by atoms with Crippen LogP contribution in [0.5, 0.6) is 0 Å². The summed E-state index contributed by atoms with van der Waals surface area (Å²) in [5.41, 5.74) is 0.145. The summed E-state index contributed by atoms with van der Waals surface area (Å²) in [4.78, 5) is 20.5. The zero-order valence-corrected chi connectivity index (χ0v) is 16.2. The highest BCUT2D eigenvalue weighted by Crippen LogP contribution is 2.34. The first kappa shape index (κ1) is 19.2. The van der Waals surface area contributed by atoms with Crippen LogP contribution in [0.1, 0.15) is 38.5 Å². The maximum Gasteiger partial charge on any atom is 0.231 e. The molecular formula is C19H26F2N3OS+. The van der Waals surface area contributed by atoms with Crippen molar-refractivity contribution in [3.63, 3.8) is 0 Å². The molecule has 1 amide bonds. The molecular weight excluding hydrogens is 356 g/mol. The molecule has 26 heavy (non-hydrogen) atoms. The van der Waals surface area contributed by atoms with Gasteiger partial charge in [0.15, 0.2) is 10.9 Å². The Bertz CT molecular complexity index is 771. The Labute approximate surface area is 156 Å². The first-order valence-corrected chi connectivity index (χ1v) is 10.1. The van der Waals surface area contributed by atoms with Gasteiger partial charge in [0, 0.05) is 24.9 Å². The minimum atomic E-state index is -0.676. The van der Waals surface area contributed by atoms with Gasteiger partial charge in [-0.05, 0) is 18.9 Å². The number of hydrogen-bond acceptors (Lipinski definition) is 3. The van der Waals surface area contributed by atoms with Crippen LogP contribution in [0.4, 0.5) is 13.9 Å². The van der Waals surface area contributed by atoms with E-state index in [1.165, 1.54) is 28.7 Å². The number of aromatic nitrogens is 1. The number of halogens is 2. The van der Waals surface area contributed by atoms with E-state index in [9.17, 15) is 13.6 Å². The number of nitrogens with zero attached hydrogens (tertiary/aromatic N) is 2. The van der Waals surface area contributed by atoms with Gasteiger partial charge in [-0.25, -0.2) is 13.8 Å². The first-order valence-electron chi connectivity index (χ1n) is 9.31. The number of carbonyl (C=O) groups is 1. The average Bonchev–Trinajstić information content (AvgIpc) is 3.02. The van der Waals surface area contributed by atoms with E-state index >= 15 is 0 Å². The van der Waals surface area contributed by atoms with E-state index in [1.807, 2.05) is 0 Å². The van der Waals surface area contributed by atoms with Crippen molar-refractivity contribution in [2.45, 2.75) is 38.5 Å². The largest absolute Gasteiger partial charge is 0.340 e. The summed E-state index contributed by atoms with van der Waals surface area (Å²) < 4.78 is 28.0. The van der Waals surface area contributed by atoms with E-state index in [4.69, 9.17) is 0 Å². The molecule has 0 radical (unpaired) electrons. The molecule has 0 aliphatic heterocycles. The fourth-order valence-electron chi connectivity index (χ4n) is 3.52. The lowest BCUT2D eigenvalue weighted by Crippen LogP contribution is -3.05. The van der Waals surface area contributed by atoms with E-state index in [-0.39, 0.29) is 17.3 Å². The first-order chi connectivity index (χ1) is 12.5.